The van der Waals surface area contributed by atoms with Crippen LogP contribution in [0.1, 0.15) is 38.5 Å². The first-order valence-corrected chi connectivity index (χ1v) is 21.1. The molecule has 0 saturated carbocycles. The van der Waals surface area contributed by atoms with Gasteiger partial charge in [0.15, 0.2) is 23.0 Å². The lowest BCUT2D eigenvalue weighted by Gasteiger charge is -2.15. The molecule has 0 spiro atoms. The number of rotatable bonds is 22. The number of nitrogen functional groups attached to an aromatic ring is 4. The Bertz CT molecular complexity index is 1820. The summed E-state index contributed by atoms with van der Waals surface area (Å²) in [5.74, 6) is -0.815. The number of hydrogen-bond donors (Lipinski definition) is 8. The Morgan fingerprint density at radius 3 is 1.04 bits per heavy atom. The predicted molar refractivity (Wildman–Crippen MR) is 186 cm³/mol. The third-order valence-corrected chi connectivity index (χ3v) is 9.12. The van der Waals surface area contributed by atoms with Gasteiger partial charge in [-0.3, -0.25) is 18.2 Å². The molecule has 12 N–H and O–H groups in total. The van der Waals surface area contributed by atoms with Crippen molar-refractivity contribution in [3.8, 4) is 23.0 Å². The molecule has 2 aromatic rings. The van der Waals surface area contributed by atoms with Crippen molar-refractivity contribution in [2.24, 2.45) is 0 Å². The maximum Gasteiger partial charge on any atom is 0.264 e. The van der Waals surface area contributed by atoms with E-state index in [0.717, 1.165) is 0 Å². The first kappa shape index (κ1) is 44.5. The van der Waals surface area contributed by atoms with Gasteiger partial charge in [0.05, 0.1) is 60.8 Å². The van der Waals surface area contributed by atoms with Gasteiger partial charge in [-0.15, -0.1) is 0 Å². The van der Waals surface area contributed by atoms with E-state index in [-0.39, 0.29) is 98.0 Å². The van der Waals surface area contributed by atoms with E-state index in [9.17, 15) is 33.7 Å². The second-order valence-electron chi connectivity index (χ2n) is 10.5. The molecular weight excluding hydrogens is 753 g/mol. The molecule has 20 nitrogen and oxygen atoms in total. The summed E-state index contributed by atoms with van der Waals surface area (Å²) in [5, 5.41) is 0. The molecule has 2 aromatic carbocycles. The fraction of sp³-hybridized carbons (Fsp3) is 0.538. The van der Waals surface area contributed by atoms with Gasteiger partial charge >= 0.3 is 0 Å². The molecule has 0 unspecified atom stereocenters. The van der Waals surface area contributed by atoms with Crippen molar-refractivity contribution in [2.75, 3.05) is 72.4 Å². The molecular formula is C26H44N4O16S4. The molecule has 24 heteroatoms. The van der Waals surface area contributed by atoms with E-state index in [1.54, 1.807) is 0 Å². The number of anilines is 4. The lowest BCUT2D eigenvalue weighted by Crippen LogP contribution is -2.11. The normalized spacial score (nSPS) is 12.1. The average molecular weight is 797 g/mol. The molecule has 0 fully saturated rings. The van der Waals surface area contributed by atoms with Gasteiger partial charge in [0.2, 0.25) is 0 Å². The smallest absolute Gasteiger partial charge is 0.264 e. The summed E-state index contributed by atoms with van der Waals surface area (Å²) in [6.07, 6.45) is 1.27. The lowest BCUT2D eigenvalue weighted by molar-refractivity contribution is 0.263. The fourth-order valence-electron chi connectivity index (χ4n) is 3.78. The van der Waals surface area contributed by atoms with Crippen LogP contribution in [0.2, 0.25) is 0 Å². The molecule has 0 atom stereocenters. The zero-order chi connectivity index (χ0) is 38.2. The molecule has 0 heterocycles. The summed E-state index contributed by atoms with van der Waals surface area (Å²) in [6, 6.07) is 5.83. The molecule has 50 heavy (non-hydrogen) atoms. The van der Waals surface area contributed by atoms with Crippen LogP contribution in [-0.4, -0.2) is 101 Å². The van der Waals surface area contributed by atoms with Crippen molar-refractivity contribution in [3.63, 3.8) is 0 Å². The van der Waals surface area contributed by atoms with Crippen molar-refractivity contribution in [1.82, 2.24) is 0 Å². The summed E-state index contributed by atoms with van der Waals surface area (Å²) in [4.78, 5) is 0. The number of nitrogens with two attached hydrogens (primary N) is 4. The zero-order valence-electron chi connectivity index (χ0n) is 26.8. The maximum absolute atomic E-state index is 10.7. The third kappa shape index (κ3) is 21.5. The standard InChI is InChI=1S/C14H24N2O8S2.C12H20N2O8S2/c15-11-9-12(16)14(24-6-2-4-8-26(20,21)22)13(10-11)23-5-1-3-7-25(17,18)19;13-9-7-10(14)12(22-4-2-6-24(18,19)20)11(8-9)21-3-1-5-23(15,16)17/h9-10H,1-8,15-16H2,(H,17,18,19)(H,20,21,22);7-8H,1-6,13-14H2,(H,15,16,17)(H,18,19,20). The van der Waals surface area contributed by atoms with Gasteiger partial charge in [-0.2, -0.15) is 33.7 Å². The number of benzene rings is 2. The molecule has 0 aliphatic rings. The Morgan fingerprint density at radius 2 is 0.700 bits per heavy atom. The van der Waals surface area contributed by atoms with Crippen LogP contribution in [0.3, 0.4) is 0 Å². The number of hydrogen-bond acceptors (Lipinski definition) is 16. The first-order chi connectivity index (χ1) is 23.0. The highest BCUT2D eigenvalue weighted by atomic mass is 32.2. The second-order valence-corrected chi connectivity index (χ2v) is 16.8. The first-order valence-electron chi connectivity index (χ1n) is 14.7. The van der Waals surface area contributed by atoms with Gasteiger partial charge in [0.1, 0.15) is 0 Å². The quantitative estimate of drug-likeness (QED) is 0.0470. The molecule has 288 valence electrons. The largest absolute Gasteiger partial charge is 0.490 e. The van der Waals surface area contributed by atoms with Gasteiger partial charge in [0, 0.05) is 23.5 Å². The van der Waals surface area contributed by atoms with Gasteiger partial charge in [-0.25, -0.2) is 0 Å². The molecule has 0 bridgehead atoms. The van der Waals surface area contributed by atoms with Crippen LogP contribution in [0.4, 0.5) is 22.7 Å². The lowest BCUT2D eigenvalue weighted by atomic mass is 10.2. The summed E-state index contributed by atoms with van der Waals surface area (Å²) >= 11 is 0. The van der Waals surface area contributed by atoms with E-state index < -0.39 is 52.0 Å². The Morgan fingerprint density at radius 1 is 0.420 bits per heavy atom. The Hall–Kier alpha value is -3.52. The maximum atomic E-state index is 10.7. The molecule has 2 rings (SSSR count). The summed E-state index contributed by atoms with van der Waals surface area (Å²) in [7, 11) is -16.2. The van der Waals surface area contributed by atoms with E-state index in [0.29, 0.717) is 24.2 Å². The minimum Gasteiger partial charge on any atom is -0.490 e. The molecule has 0 radical (unpaired) electrons. The molecule has 0 aromatic heterocycles. The Labute approximate surface area is 291 Å². The highest BCUT2D eigenvalue weighted by molar-refractivity contribution is 7.86. The predicted octanol–water partition coefficient (Wildman–Crippen LogP) is 1.11. The van der Waals surface area contributed by atoms with E-state index >= 15 is 0 Å². The van der Waals surface area contributed by atoms with Crippen molar-refractivity contribution in [1.29, 1.82) is 0 Å². The highest BCUT2D eigenvalue weighted by Gasteiger charge is 2.15. The molecule has 0 saturated heterocycles. The Balaban J connectivity index is 0.000000502. The van der Waals surface area contributed by atoms with E-state index in [2.05, 4.69) is 0 Å². The van der Waals surface area contributed by atoms with Crippen molar-refractivity contribution < 1.29 is 70.8 Å². The van der Waals surface area contributed by atoms with Crippen molar-refractivity contribution in [3.05, 3.63) is 24.3 Å². The minimum absolute atomic E-state index is 0.0326. The summed E-state index contributed by atoms with van der Waals surface area (Å²) < 4.78 is 142. The minimum atomic E-state index is -4.08. The van der Waals surface area contributed by atoms with Crippen molar-refractivity contribution >= 4 is 63.2 Å². The number of unbranched alkanes of at least 4 members (excludes halogenated alkanes) is 2. The van der Waals surface area contributed by atoms with Crippen LogP contribution in [0, 0.1) is 0 Å². The van der Waals surface area contributed by atoms with Crippen LogP contribution < -0.4 is 41.9 Å². The van der Waals surface area contributed by atoms with Crippen LogP contribution in [-0.2, 0) is 40.5 Å². The second kappa shape index (κ2) is 20.4. The van der Waals surface area contributed by atoms with Crippen molar-refractivity contribution in [2.45, 2.75) is 38.5 Å². The van der Waals surface area contributed by atoms with Crippen LogP contribution >= 0.6 is 0 Å². The van der Waals surface area contributed by atoms with E-state index in [4.69, 9.17) is 60.1 Å². The fourth-order valence-corrected chi connectivity index (χ4v) is 5.89. The zero-order valence-corrected chi connectivity index (χ0v) is 30.1. The third-order valence-electron chi connectivity index (χ3n) is 5.91. The van der Waals surface area contributed by atoms with Crippen LogP contribution in [0.15, 0.2) is 24.3 Å². The van der Waals surface area contributed by atoms with E-state index in [1.807, 2.05) is 0 Å². The van der Waals surface area contributed by atoms with E-state index in [1.165, 1.54) is 24.3 Å². The van der Waals surface area contributed by atoms with Gasteiger partial charge in [-0.1, -0.05) is 0 Å². The van der Waals surface area contributed by atoms with Gasteiger partial charge < -0.3 is 41.9 Å². The van der Waals surface area contributed by atoms with Crippen LogP contribution in [0.25, 0.3) is 0 Å². The molecule has 0 aliphatic heterocycles. The van der Waals surface area contributed by atoms with Gasteiger partial charge in [0.25, 0.3) is 40.5 Å². The highest BCUT2D eigenvalue weighted by Crippen LogP contribution is 2.37. The van der Waals surface area contributed by atoms with Crippen LogP contribution in [0.5, 0.6) is 23.0 Å². The summed E-state index contributed by atoms with van der Waals surface area (Å²) in [5.41, 5.74) is 24.1. The molecule has 0 aliphatic carbocycles. The molecule has 0 amide bonds. The average Bonchev–Trinajstić information content (AvgIpc) is 2.93. The van der Waals surface area contributed by atoms with Gasteiger partial charge in [-0.05, 0) is 50.7 Å². The Kier molecular flexibility index (Phi) is 18.1. The topological polar surface area (TPSA) is 358 Å². The monoisotopic (exact) mass is 796 g/mol. The SMILES string of the molecule is Nc1cc(N)c(OCCCCS(=O)(=O)O)c(OCCCCS(=O)(=O)O)c1.Nc1cc(N)c(OCCCS(=O)(=O)O)c(OCCCS(=O)(=O)O)c1. The summed E-state index contributed by atoms with van der Waals surface area (Å²) in [6.45, 7) is 0.236. The number of ether oxygens (including phenoxy) is 4.